The summed E-state index contributed by atoms with van der Waals surface area (Å²) in [6, 6.07) is 0. The minimum Gasteiger partial charge on any atom is -0.0654 e. The maximum atomic E-state index is 2.44. The van der Waals surface area contributed by atoms with Crippen LogP contribution >= 0.6 is 0 Å². The molecule has 1 saturated carbocycles. The van der Waals surface area contributed by atoms with E-state index in [1.54, 1.807) is 0 Å². The second kappa shape index (κ2) is 3.16. The van der Waals surface area contributed by atoms with Gasteiger partial charge < -0.3 is 0 Å². The van der Waals surface area contributed by atoms with Gasteiger partial charge in [-0.1, -0.05) is 40.5 Å². The molecule has 0 spiro atoms. The summed E-state index contributed by atoms with van der Waals surface area (Å²) in [5.74, 6) is 1.97. The molecule has 0 aromatic heterocycles. The molecule has 66 valence electrons. The van der Waals surface area contributed by atoms with Gasteiger partial charge in [0.15, 0.2) is 0 Å². The molecule has 1 fully saturated rings. The molecule has 0 heterocycles. The molecule has 0 nitrogen and oxygen atoms in total. The van der Waals surface area contributed by atoms with E-state index in [-0.39, 0.29) is 0 Å². The Morgan fingerprint density at radius 3 is 2.36 bits per heavy atom. The van der Waals surface area contributed by atoms with E-state index in [2.05, 4.69) is 27.7 Å². The van der Waals surface area contributed by atoms with E-state index in [1.165, 1.54) is 25.7 Å². The van der Waals surface area contributed by atoms with E-state index in [0.717, 1.165) is 11.8 Å². The largest absolute Gasteiger partial charge is 0.0654 e. The van der Waals surface area contributed by atoms with Gasteiger partial charge in [-0.2, -0.15) is 0 Å². The second-order valence-electron chi connectivity index (χ2n) is 4.86. The van der Waals surface area contributed by atoms with E-state index >= 15 is 0 Å². The molecular weight excluding hydrogens is 132 g/mol. The highest BCUT2D eigenvalue weighted by atomic mass is 14.4. The lowest BCUT2D eigenvalue weighted by atomic mass is 9.79. The van der Waals surface area contributed by atoms with E-state index in [4.69, 9.17) is 0 Å². The summed E-state index contributed by atoms with van der Waals surface area (Å²) in [6.45, 7) is 9.59. The normalized spacial score (nSPS) is 36.0. The number of hydrogen-bond donors (Lipinski definition) is 0. The first-order chi connectivity index (χ1) is 5.08. The molecule has 0 radical (unpaired) electrons. The maximum absolute atomic E-state index is 2.44. The minimum atomic E-state index is 0.625. The summed E-state index contributed by atoms with van der Waals surface area (Å²) in [4.78, 5) is 0. The third-order valence-corrected chi connectivity index (χ3v) is 3.76. The van der Waals surface area contributed by atoms with Crippen LogP contribution in [-0.4, -0.2) is 0 Å². The number of rotatable bonds is 2. The lowest BCUT2D eigenvalue weighted by Gasteiger charge is -2.26. The highest BCUT2D eigenvalue weighted by Crippen LogP contribution is 2.47. The van der Waals surface area contributed by atoms with Crippen molar-refractivity contribution in [2.75, 3.05) is 0 Å². The molecule has 0 aromatic carbocycles. The standard InChI is InChI=1S/C11H22/c1-5-6-10-7-8-11(3,4)9(10)2/h9-10H,5-8H2,1-4H3. The molecule has 0 bridgehead atoms. The third-order valence-electron chi connectivity index (χ3n) is 3.76. The third kappa shape index (κ3) is 1.77. The zero-order chi connectivity index (χ0) is 8.48. The zero-order valence-electron chi connectivity index (χ0n) is 8.48. The average Bonchev–Trinajstić information content (AvgIpc) is 2.17. The van der Waals surface area contributed by atoms with Crippen LogP contribution in [0, 0.1) is 17.3 Å². The average molecular weight is 154 g/mol. The maximum Gasteiger partial charge on any atom is -0.0326 e. The molecular formula is C11H22. The second-order valence-corrected chi connectivity index (χ2v) is 4.86. The van der Waals surface area contributed by atoms with Crippen LogP contribution in [-0.2, 0) is 0 Å². The van der Waals surface area contributed by atoms with E-state index in [1.807, 2.05) is 0 Å². The van der Waals surface area contributed by atoms with Crippen LogP contribution in [0.2, 0.25) is 0 Å². The summed E-state index contributed by atoms with van der Waals surface area (Å²) in [5.41, 5.74) is 0.625. The topological polar surface area (TPSA) is 0 Å². The van der Waals surface area contributed by atoms with Gasteiger partial charge in [0, 0.05) is 0 Å². The zero-order valence-corrected chi connectivity index (χ0v) is 8.48. The van der Waals surface area contributed by atoms with Crippen molar-refractivity contribution in [3.63, 3.8) is 0 Å². The highest BCUT2D eigenvalue weighted by molar-refractivity contribution is 4.87. The fourth-order valence-corrected chi connectivity index (χ4v) is 2.44. The molecule has 0 aliphatic heterocycles. The van der Waals surface area contributed by atoms with Crippen LogP contribution in [0.15, 0.2) is 0 Å². The van der Waals surface area contributed by atoms with Gasteiger partial charge in [0.2, 0.25) is 0 Å². The van der Waals surface area contributed by atoms with Crippen LogP contribution in [0.4, 0.5) is 0 Å². The molecule has 0 N–H and O–H groups in total. The Balaban J connectivity index is 2.49. The summed E-state index contributed by atoms with van der Waals surface area (Å²) in [5, 5.41) is 0. The van der Waals surface area contributed by atoms with Crippen molar-refractivity contribution in [1.82, 2.24) is 0 Å². The summed E-state index contributed by atoms with van der Waals surface area (Å²) in [6.07, 6.45) is 5.73. The van der Waals surface area contributed by atoms with Gasteiger partial charge in [-0.05, 0) is 30.1 Å². The van der Waals surface area contributed by atoms with Gasteiger partial charge in [0.1, 0.15) is 0 Å². The van der Waals surface area contributed by atoms with Crippen molar-refractivity contribution in [2.24, 2.45) is 17.3 Å². The lowest BCUT2D eigenvalue weighted by Crippen LogP contribution is -2.18. The molecule has 0 saturated heterocycles. The van der Waals surface area contributed by atoms with Crippen LogP contribution in [0.5, 0.6) is 0 Å². The Kier molecular flexibility index (Phi) is 2.61. The van der Waals surface area contributed by atoms with Crippen molar-refractivity contribution >= 4 is 0 Å². The molecule has 1 aliphatic rings. The Morgan fingerprint density at radius 1 is 1.36 bits per heavy atom. The van der Waals surface area contributed by atoms with Crippen molar-refractivity contribution in [1.29, 1.82) is 0 Å². The van der Waals surface area contributed by atoms with Crippen molar-refractivity contribution in [3.05, 3.63) is 0 Å². The van der Waals surface area contributed by atoms with E-state index in [0.29, 0.717) is 5.41 Å². The van der Waals surface area contributed by atoms with E-state index in [9.17, 15) is 0 Å². The Hall–Kier alpha value is 0. The van der Waals surface area contributed by atoms with Gasteiger partial charge in [0.05, 0.1) is 0 Å². The fraction of sp³-hybridized carbons (Fsp3) is 1.00. The molecule has 2 atom stereocenters. The molecule has 2 unspecified atom stereocenters. The molecule has 0 amide bonds. The monoisotopic (exact) mass is 154 g/mol. The van der Waals surface area contributed by atoms with Crippen molar-refractivity contribution < 1.29 is 0 Å². The first-order valence-corrected chi connectivity index (χ1v) is 5.08. The minimum absolute atomic E-state index is 0.625. The van der Waals surface area contributed by atoms with Gasteiger partial charge in [0.25, 0.3) is 0 Å². The Labute approximate surface area is 71.4 Å². The van der Waals surface area contributed by atoms with Crippen LogP contribution in [0.3, 0.4) is 0 Å². The van der Waals surface area contributed by atoms with Gasteiger partial charge >= 0.3 is 0 Å². The van der Waals surface area contributed by atoms with Crippen LogP contribution < -0.4 is 0 Å². The van der Waals surface area contributed by atoms with Crippen LogP contribution in [0.25, 0.3) is 0 Å². The summed E-state index contributed by atoms with van der Waals surface area (Å²) < 4.78 is 0. The predicted octanol–water partition coefficient (Wildman–Crippen LogP) is 3.86. The van der Waals surface area contributed by atoms with Crippen molar-refractivity contribution in [3.8, 4) is 0 Å². The first kappa shape index (κ1) is 9.09. The fourth-order valence-electron chi connectivity index (χ4n) is 2.44. The quantitative estimate of drug-likeness (QED) is 0.566. The smallest absolute Gasteiger partial charge is 0.0326 e. The van der Waals surface area contributed by atoms with Gasteiger partial charge in [-0.3, -0.25) is 0 Å². The predicted molar refractivity (Wildman–Crippen MR) is 50.6 cm³/mol. The molecule has 0 aromatic rings. The lowest BCUT2D eigenvalue weighted by molar-refractivity contribution is 0.232. The van der Waals surface area contributed by atoms with Crippen molar-refractivity contribution in [2.45, 2.75) is 53.4 Å². The molecule has 11 heavy (non-hydrogen) atoms. The molecule has 1 aliphatic carbocycles. The number of hydrogen-bond acceptors (Lipinski definition) is 0. The Bertz CT molecular complexity index is 124. The Morgan fingerprint density at radius 2 is 2.00 bits per heavy atom. The van der Waals surface area contributed by atoms with Crippen LogP contribution in [0.1, 0.15) is 53.4 Å². The molecule has 1 rings (SSSR count). The summed E-state index contributed by atoms with van der Waals surface area (Å²) >= 11 is 0. The van der Waals surface area contributed by atoms with E-state index < -0.39 is 0 Å². The van der Waals surface area contributed by atoms with Gasteiger partial charge in [-0.25, -0.2) is 0 Å². The SMILES string of the molecule is CCCC1CCC(C)(C)C1C. The highest BCUT2D eigenvalue weighted by Gasteiger charge is 2.37. The van der Waals surface area contributed by atoms with Gasteiger partial charge in [-0.15, -0.1) is 0 Å². The molecule has 0 heteroatoms. The first-order valence-electron chi connectivity index (χ1n) is 5.08. The summed E-state index contributed by atoms with van der Waals surface area (Å²) in [7, 11) is 0.